The van der Waals surface area contributed by atoms with Crippen molar-refractivity contribution >= 4 is 23.3 Å². The predicted molar refractivity (Wildman–Crippen MR) is 102 cm³/mol. The number of anilines is 2. The number of carbonyl (C=O) groups is 2. The van der Waals surface area contributed by atoms with Crippen LogP contribution in [0.5, 0.6) is 5.75 Å². The minimum Gasteiger partial charge on any atom is -0.489 e. The Morgan fingerprint density at radius 1 is 1.00 bits per heavy atom. The molecule has 0 fully saturated rings. The molecule has 2 N–H and O–H groups in total. The van der Waals surface area contributed by atoms with Gasteiger partial charge in [0.15, 0.2) is 0 Å². The van der Waals surface area contributed by atoms with Gasteiger partial charge in [-0.05, 0) is 38.1 Å². The smallest absolute Gasteiger partial charge is 0.339 e. The van der Waals surface area contributed by atoms with Crippen LogP contribution in [0.1, 0.15) is 30.6 Å². The van der Waals surface area contributed by atoms with E-state index in [0.29, 0.717) is 17.8 Å². The zero-order chi connectivity index (χ0) is 18.9. The van der Waals surface area contributed by atoms with Crippen LogP contribution in [0.4, 0.5) is 11.4 Å². The van der Waals surface area contributed by atoms with E-state index in [1.54, 1.807) is 24.3 Å². The highest BCUT2D eigenvalue weighted by atomic mass is 16.5. The number of esters is 1. The Balaban J connectivity index is 1.92. The second kappa shape index (κ2) is 9.46. The fourth-order valence-electron chi connectivity index (χ4n) is 2.37. The summed E-state index contributed by atoms with van der Waals surface area (Å²) in [5.74, 6) is 0.0637. The van der Waals surface area contributed by atoms with Crippen LogP contribution < -0.4 is 15.4 Å². The van der Waals surface area contributed by atoms with Gasteiger partial charge in [0.1, 0.15) is 5.75 Å². The number of amides is 1. The van der Waals surface area contributed by atoms with Crippen LogP contribution in [0.2, 0.25) is 0 Å². The Labute approximate surface area is 153 Å². The number of rotatable bonds is 8. The van der Waals surface area contributed by atoms with Crippen LogP contribution in [0.3, 0.4) is 0 Å². The van der Waals surface area contributed by atoms with E-state index in [4.69, 9.17) is 9.47 Å². The average molecular weight is 356 g/mol. The fourth-order valence-corrected chi connectivity index (χ4v) is 2.37. The molecule has 0 spiro atoms. The molecule has 0 radical (unpaired) electrons. The van der Waals surface area contributed by atoms with Gasteiger partial charge in [0.25, 0.3) is 0 Å². The van der Waals surface area contributed by atoms with Gasteiger partial charge in [-0.25, -0.2) is 4.79 Å². The van der Waals surface area contributed by atoms with E-state index in [0.717, 1.165) is 11.4 Å². The zero-order valence-corrected chi connectivity index (χ0v) is 15.2. The molecule has 2 aromatic rings. The molecule has 1 amide bonds. The van der Waals surface area contributed by atoms with E-state index in [2.05, 4.69) is 10.6 Å². The van der Waals surface area contributed by atoms with Crippen LogP contribution in [0, 0.1) is 0 Å². The van der Waals surface area contributed by atoms with Crippen molar-refractivity contribution < 1.29 is 19.1 Å². The first-order chi connectivity index (χ1) is 12.5. The summed E-state index contributed by atoms with van der Waals surface area (Å²) in [7, 11) is 1.31. The normalized spacial score (nSPS) is 10.3. The van der Waals surface area contributed by atoms with Gasteiger partial charge in [0.05, 0.1) is 30.2 Å². The van der Waals surface area contributed by atoms with Crippen LogP contribution in [-0.4, -0.2) is 31.6 Å². The molecule has 6 heteroatoms. The molecule has 0 saturated carbocycles. The number of carbonyl (C=O) groups excluding carboxylic acids is 2. The minimum atomic E-state index is -0.487. The third kappa shape index (κ3) is 5.51. The first-order valence-corrected chi connectivity index (χ1v) is 8.48. The van der Waals surface area contributed by atoms with Crippen LogP contribution in [0.15, 0.2) is 48.5 Å². The van der Waals surface area contributed by atoms with E-state index in [1.165, 1.54) is 7.11 Å². The number of para-hydroxylation sites is 3. The van der Waals surface area contributed by atoms with Gasteiger partial charge in [-0.2, -0.15) is 0 Å². The van der Waals surface area contributed by atoms with Crippen LogP contribution >= 0.6 is 0 Å². The summed E-state index contributed by atoms with van der Waals surface area (Å²) in [4.78, 5) is 23.9. The van der Waals surface area contributed by atoms with Crippen molar-refractivity contribution in [3.63, 3.8) is 0 Å². The third-order valence-electron chi connectivity index (χ3n) is 3.52. The highest BCUT2D eigenvalue weighted by Gasteiger charge is 2.13. The zero-order valence-electron chi connectivity index (χ0n) is 15.2. The van der Waals surface area contributed by atoms with E-state index in [1.807, 2.05) is 38.1 Å². The number of hydrogen-bond acceptors (Lipinski definition) is 5. The minimum absolute atomic E-state index is 0.0658. The van der Waals surface area contributed by atoms with Crippen molar-refractivity contribution in [2.24, 2.45) is 0 Å². The van der Waals surface area contributed by atoms with Crippen molar-refractivity contribution in [1.29, 1.82) is 0 Å². The monoisotopic (exact) mass is 356 g/mol. The Kier molecular flexibility index (Phi) is 7.02. The molecule has 0 bridgehead atoms. The van der Waals surface area contributed by atoms with E-state index in [9.17, 15) is 9.59 Å². The van der Waals surface area contributed by atoms with E-state index >= 15 is 0 Å². The second-order valence-electron chi connectivity index (χ2n) is 5.92. The van der Waals surface area contributed by atoms with Gasteiger partial charge in [-0.1, -0.05) is 24.3 Å². The van der Waals surface area contributed by atoms with Crippen LogP contribution in [-0.2, 0) is 9.53 Å². The molecular weight excluding hydrogens is 332 g/mol. The van der Waals surface area contributed by atoms with Gasteiger partial charge in [0, 0.05) is 13.0 Å². The molecule has 0 aliphatic heterocycles. The standard InChI is InChI=1S/C20H24N2O4/c1-14(2)26-18-11-7-6-10-17(18)21-13-12-19(23)22-16-9-5-4-8-15(16)20(24)25-3/h4-11,14,21H,12-13H2,1-3H3,(H,22,23). The lowest BCUT2D eigenvalue weighted by molar-refractivity contribution is -0.115. The lowest BCUT2D eigenvalue weighted by Gasteiger charge is -2.15. The SMILES string of the molecule is COC(=O)c1ccccc1NC(=O)CCNc1ccccc1OC(C)C. The average Bonchev–Trinajstić information content (AvgIpc) is 2.62. The molecule has 26 heavy (non-hydrogen) atoms. The first kappa shape index (κ1) is 19.3. The maximum atomic E-state index is 12.2. The summed E-state index contributed by atoms with van der Waals surface area (Å²) in [5.41, 5.74) is 1.60. The Morgan fingerprint density at radius 3 is 2.35 bits per heavy atom. The maximum Gasteiger partial charge on any atom is 0.339 e. The quantitative estimate of drug-likeness (QED) is 0.705. The van der Waals surface area contributed by atoms with Crippen LogP contribution in [0.25, 0.3) is 0 Å². The number of hydrogen-bond donors (Lipinski definition) is 2. The molecule has 2 aromatic carbocycles. The van der Waals surface area contributed by atoms with Crippen molar-refractivity contribution in [3.05, 3.63) is 54.1 Å². The molecule has 0 unspecified atom stereocenters. The van der Waals surface area contributed by atoms with Gasteiger partial charge >= 0.3 is 5.97 Å². The second-order valence-corrected chi connectivity index (χ2v) is 5.92. The molecule has 0 aliphatic rings. The molecule has 6 nitrogen and oxygen atoms in total. The van der Waals surface area contributed by atoms with E-state index in [-0.39, 0.29) is 18.4 Å². The molecule has 2 rings (SSSR count). The maximum absolute atomic E-state index is 12.2. The van der Waals surface area contributed by atoms with Gasteiger partial charge in [-0.15, -0.1) is 0 Å². The summed E-state index contributed by atoms with van der Waals surface area (Å²) in [6, 6.07) is 14.3. The fraction of sp³-hybridized carbons (Fsp3) is 0.300. The molecule has 138 valence electrons. The van der Waals surface area contributed by atoms with E-state index < -0.39 is 5.97 Å². The highest BCUT2D eigenvalue weighted by molar-refractivity contribution is 6.01. The number of benzene rings is 2. The molecular formula is C20H24N2O4. The molecule has 0 saturated heterocycles. The van der Waals surface area contributed by atoms with Crippen molar-refractivity contribution in [2.45, 2.75) is 26.4 Å². The number of ether oxygens (including phenoxy) is 2. The number of nitrogens with one attached hydrogen (secondary N) is 2. The van der Waals surface area contributed by atoms with Crippen molar-refractivity contribution in [1.82, 2.24) is 0 Å². The summed E-state index contributed by atoms with van der Waals surface area (Å²) in [5, 5.41) is 5.95. The first-order valence-electron chi connectivity index (χ1n) is 8.48. The summed E-state index contributed by atoms with van der Waals surface area (Å²) >= 11 is 0. The lowest BCUT2D eigenvalue weighted by Crippen LogP contribution is -2.18. The predicted octanol–water partition coefficient (Wildman–Crippen LogP) is 3.70. The summed E-state index contributed by atoms with van der Waals surface area (Å²) in [6.45, 7) is 4.36. The van der Waals surface area contributed by atoms with Gasteiger partial charge < -0.3 is 20.1 Å². The van der Waals surface area contributed by atoms with Crippen molar-refractivity contribution in [3.8, 4) is 5.75 Å². The van der Waals surface area contributed by atoms with Crippen molar-refractivity contribution in [2.75, 3.05) is 24.3 Å². The summed E-state index contributed by atoms with van der Waals surface area (Å²) in [6.07, 6.45) is 0.307. The summed E-state index contributed by atoms with van der Waals surface area (Å²) < 4.78 is 10.5. The van der Waals surface area contributed by atoms with Gasteiger partial charge in [-0.3, -0.25) is 4.79 Å². The molecule has 0 aromatic heterocycles. The largest absolute Gasteiger partial charge is 0.489 e. The Bertz CT molecular complexity index is 759. The lowest BCUT2D eigenvalue weighted by atomic mass is 10.1. The molecule has 0 aliphatic carbocycles. The van der Waals surface area contributed by atoms with Gasteiger partial charge in [0.2, 0.25) is 5.91 Å². The third-order valence-corrected chi connectivity index (χ3v) is 3.52. The Morgan fingerprint density at radius 2 is 1.65 bits per heavy atom. The molecule has 0 atom stereocenters. The number of methoxy groups -OCH3 is 1. The molecule has 0 heterocycles. The highest BCUT2D eigenvalue weighted by Crippen LogP contribution is 2.24. The topological polar surface area (TPSA) is 76.7 Å². The Hall–Kier alpha value is -3.02.